The van der Waals surface area contributed by atoms with Crippen LogP contribution in [-0.2, 0) is 20.9 Å². The average molecular weight is 238 g/mol. The molecular weight excluding hydrogens is 224 g/mol. The lowest BCUT2D eigenvalue weighted by atomic mass is 10.1. The summed E-state index contributed by atoms with van der Waals surface area (Å²) in [5.41, 5.74) is 1.08. The number of carbonyl (C=O) groups excluding carboxylic acids is 2. The molecule has 5 heteroatoms. The highest BCUT2D eigenvalue weighted by Gasteiger charge is 2.13. The Hall–Kier alpha value is -2.04. The summed E-state index contributed by atoms with van der Waals surface area (Å²) in [6, 6.07) is 4.89. The Bertz CT molecular complexity index is 425. The van der Waals surface area contributed by atoms with Gasteiger partial charge in [-0.05, 0) is 17.7 Å². The third-order valence-electron chi connectivity index (χ3n) is 2.11. The summed E-state index contributed by atoms with van der Waals surface area (Å²) in [6.45, 7) is 1.48. The van der Waals surface area contributed by atoms with E-state index in [1.165, 1.54) is 21.1 Å². The van der Waals surface area contributed by atoms with Crippen LogP contribution in [0.1, 0.15) is 22.8 Å². The maximum Gasteiger partial charge on any atom is 0.341 e. The van der Waals surface area contributed by atoms with Gasteiger partial charge in [0.25, 0.3) is 0 Å². The van der Waals surface area contributed by atoms with Crippen LogP contribution in [0.2, 0.25) is 0 Å². The summed E-state index contributed by atoms with van der Waals surface area (Å²) >= 11 is 0. The first-order valence-electron chi connectivity index (χ1n) is 4.97. The van der Waals surface area contributed by atoms with Crippen LogP contribution in [0, 0.1) is 0 Å². The Morgan fingerprint density at radius 3 is 2.47 bits per heavy atom. The zero-order chi connectivity index (χ0) is 12.8. The molecule has 0 bridgehead atoms. The van der Waals surface area contributed by atoms with Gasteiger partial charge in [0.2, 0.25) is 0 Å². The molecule has 0 amide bonds. The molecule has 5 nitrogen and oxygen atoms in total. The molecule has 0 heterocycles. The number of hydrogen-bond acceptors (Lipinski definition) is 5. The lowest BCUT2D eigenvalue weighted by molar-refractivity contribution is -0.142. The minimum absolute atomic E-state index is 0.146. The van der Waals surface area contributed by atoms with Crippen molar-refractivity contribution in [3.8, 4) is 5.75 Å². The highest BCUT2D eigenvalue weighted by Crippen LogP contribution is 2.21. The molecule has 0 spiro atoms. The van der Waals surface area contributed by atoms with E-state index < -0.39 is 5.97 Å². The fourth-order valence-corrected chi connectivity index (χ4v) is 1.29. The molecule has 0 atom stereocenters. The number of hydrogen-bond donors (Lipinski definition) is 0. The van der Waals surface area contributed by atoms with Gasteiger partial charge in [-0.2, -0.15) is 0 Å². The predicted octanol–water partition coefficient (Wildman–Crippen LogP) is 1.54. The maximum absolute atomic E-state index is 11.4. The molecule has 17 heavy (non-hydrogen) atoms. The summed E-state index contributed by atoms with van der Waals surface area (Å²) in [6.07, 6.45) is 0. The Morgan fingerprint density at radius 2 is 1.94 bits per heavy atom. The van der Waals surface area contributed by atoms with Gasteiger partial charge in [-0.3, -0.25) is 4.79 Å². The van der Waals surface area contributed by atoms with Crippen LogP contribution in [0.3, 0.4) is 0 Å². The Morgan fingerprint density at radius 1 is 1.24 bits per heavy atom. The van der Waals surface area contributed by atoms with Crippen molar-refractivity contribution in [3.05, 3.63) is 29.3 Å². The van der Waals surface area contributed by atoms with Crippen molar-refractivity contribution >= 4 is 11.9 Å². The second-order valence-corrected chi connectivity index (χ2v) is 3.31. The van der Waals surface area contributed by atoms with E-state index in [1.807, 2.05) is 0 Å². The van der Waals surface area contributed by atoms with Crippen LogP contribution in [0.15, 0.2) is 18.2 Å². The Labute approximate surface area is 99.3 Å². The molecule has 0 aliphatic heterocycles. The third kappa shape index (κ3) is 3.48. The molecule has 0 aliphatic rings. The van der Waals surface area contributed by atoms with Crippen molar-refractivity contribution in [2.75, 3.05) is 14.2 Å². The molecule has 0 saturated carbocycles. The van der Waals surface area contributed by atoms with Gasteiger partial charge in [-0.1, -0.05) is 6.07 Å². The smallest absolute Gasteiger partial charge is 0.341 e. The minimum atomic E-state index is -0.471. The zero-order valence-corrected chi connectivity index (χ0v) is 9.98. The SMILES string of the molecule is COC(=O)c1ccc(COC(C)=O)cc1OC. The monoisotopic (exact) mass is 238 g/mol. The first kappa shape index (κ1) is 13.0. The van der Waals surface area contributed by atoms with Crippen LogP contribution in [0.25, 0.3) is 0 Å². The second-order valence-electron chi connectivity index (χ2n) is 3.31. The average Bonchev–Trinajstić information content (AvgIpc) is 2.34. The molecule has 0 saturated heterocycles. The standard InChI is InChI=1S/C12H14O5/c1-8(13)17-7-9-4-5-10(12(14)16-3)11(6-9)15-2/h4-6H,7H2,1-3H3. The topological polar surface area (TPSA) is 61.8 Å². The molecule has 92 valence electrons. The molecule has 0 aliphatic carbocycles. The predicted molar refractivity (Wildman–Crippen MR) is 59.8 cm³/mol. The highest BCUT2D eigenvalue weighted by atomic mass is 16.5. The number of carbonyl (C=O) groups is 2. The van der Waals surface area contributed by atoms with Crippen molar-refractivity contribution in [2.24, 2.45) is 0 Å². The second kappa shape index (κ2) is 5.89. The summed E-state index contributed by atoms with van der Waals surface area (Å²) in [4.78, 5) is 22.0. The van der Waals surface area contributed by atoms with Crippen molar-refractivity contribution < 1.29 is 23.8 Å². The summed E-state index contributed by atoms with van der Waals surface area (Å²) < 4.78 is 14.5. The van der Waals surface area contributed by atoms with Gasteiger partial charge in [-0.15, -0.1) is 0 Å². The van der Waals surface area contributed by atoms with Crippen molar-refractivity contribution in [1.29, 1.82) is 0 Å². The van der Waals surface area contributed by atoms with Crippen molar-refractivity contribution in [3.63, 3.8) is 0 Å². The van der Waals surface area contributed by atoms with E-state index in [1.54, 1.807) is 18.2 Å². The summed E-state index contributed by atoms with van der Waals surface area (Å²) in [5.74, 6) is -0.441. The van der Waals surface area contributed by atoms with Gasteiger partial charge < -0.3 is 14.2 Å². The summed E-state index contributed by atoms with van der Waals surface area (Å²) in [7, 11) is 2.76. The molecule has 1 aromatic rings. The maximum atomic E-state index is 11.4. The van der Waals surface area contributed by atoms with Gasteiger partial charge in [0, 0.05) is 6.92 Å². The quantitative estimate of drug-likeness (QED) is 0.744. The van der Waals surface area contributed by atoms with Crippen molar-refractivity contribution in [2.45, 2.75) is 13.5 Å². The summed E-state index contributed by atoms with van der Waals surface area (Å²) in [5, 5.41) is 0. The van der Waals surface area contributed by atoms with Crippen LogP contribution >= 0.6 is 0 Å². The number of rotatable bonds is 4. The van der Waals surface area contributed by atoms with Crippen LogP contribution < -0.4 is 4.74 Å². The van der Waals surface area contributed by atoms with Crippen LogP contribution in [0.4, 0.5) is 0 Å². The fraction of sp³-hybridized carbons (Fsp3) is 0.333. The van der Waals surface area contributed by atoms with E-state index in [-0.39, 0.29) is 12.6 Å². The molecule has 0 unspecified atom stereocenters. The molecule has 0 N–H and O–H groups in total. The third-order valence-corrected chi connectivity index (χ3v) is 2.11. The van der Waals surface area contributed by atoms with Crippen molar-refractivity contribution in [1.82, 2.24) is 0 Å². The first-order valence-corrected chi connectivity index (χ1v) is 4.97. The van der Waals surface area contributed by atoms with Gasteiger partial charge in [0.1, 0.15) is 17.9 Å². The Kier molecular flexibility index (Phi) is 4.51. The molecule has 0 aromatic heterocycles. The normalized spacial score (nSPS) is 9.59. The van der Waals surface area contributed by atoms with E-state index in [0.29, 0.717) is 11.3 Å². The first-order chi connectivity index (χ1) is 8.08. The van der Waals surface area contributed by atoms with Gasteiger partial charge in [0.05, 0.1) is 14.2 Å². The molecule has 1 rings (SSSR count). The number of benzene rings is 1. The van der Waals surface area contributed by atoms with Gasteiger partial charge in [-0.25, -0.2) is 4.79 Å². The van der Waals surface area contributed by atoms with E-state index in [2.05, 4.69) is 4.74 Å². The van der Waals surface area contributed by atoms with E-state index in [0.717, 1.165) is 5.56 Å². The largest absolute Gasteiger partial charge is 0.496 e. The molecule has 0 radical (unpaired) electrons. The molecule has 0 fully saturated rings. The number of esters is 2. The number of ether oxygens (including phenoxy) is 3. The number of methoxy groups -OCH3 is 2. The fourth-order valence-electron chi connectivity index (χ4n) is 1.29. The highest BCUT2D eigenvalue weighted by molar-refractivity contribution is 5.92. The van der Waals surface area contributed by atoms with Gasteiger partial charge >= 0.3 is 11.9 Å². The van der Waals surface area contributed by atoms with Gasteiger partial charge in [0.15, 0.2) is 0 Å². The van der Waals surface area contributed by atoms with E-state index >= 15 is 0 Å². The minimum Gasteiger partial charge on any atom is -0.496 e. The lowest BCUT2D eigenvalue weighted by Crippen LogP contribution is -2.05. The Balaban J connectivity index is 2.92. The van der Waals surface area contributed by atoms with E-state index in [4.69, 9.17) is 9.47 Å². The molecular formula is C12H14O5. The van der Waals surface area contributed by atoms with Crippen LogP contribution in [0.5, 0.6) is 5.75 Å². The van der Waals surface area contributed by atoms with E-state index in [9.17, 15) is 9.59 Å². The van der Waals surface area contributed by atoms with Crippen LogP contribution in [-0.4, -0.2) is 26.2 Å². The lowest BCUT2D eigenvalue weighted by Gasteiger charge is -2.09. The molecule has 1 aromatic carbocycles. The zero-order valence-electron chi connectivity index (χ0n) is 9.98.